The van der Waals surface area contributed by atoms with Crippen LogP contribution in [0.1, 0.15) is 22.7 Å². The summed E-state index contributed by atoms with van der Waals surface area (Å²) in [7, 11) is 1.48. The SMILES string of the molecule is COc1ccc(Cl)c(/C(O)=C2\C(=O)C(=O)N(c3nc4ccc(C)cc4[nH]3)C2c2ccncc2)c1. The Bertz CT molecular complexity index is 1480. The van der Waals surface area contributed by atoms with Gasteiger partial charge in [0.05, 0.1) is 34.8 Å². The van der Waals surface area contributed by atoms with Crippen molar-refractivity contribution in [3.8, 4) is 5.75 Å². The molecule has 2 N–H and O–H groups in total. The number of methoxy groups -OCH3 is 1. The number of aryl methyl sites for hydroxylation is 1. The fourth-order valence-electron chi connectivity index (χ4n) is 4.09. The summed E-state index contributed by atoms with van der Waals surface area (Å²) in [6.45, 7) is 1.95. The molecule has 1 fully saturated rings. The lowest BCUT2D eigenvalue weighted by atomic mass is 9.96. The van der Waals surface area contributed by atoms with Crippen molar-refractivity contribution in [1.82, 2.24) is 15.0 Å². The number of aromatic amines is 1. The Morgan fingerprint density at radius 3 is 2.62 bits per heavy atom. The highest BCUT2D eigenvalue weighted by Crippen LogP contribution is 2.42. The molecule has 1 atom stereocenters. The zero-order valence-corrected chi connectivity index (χ0v) is 19.0. The maximum absolute atomic E-state index is 13.3. The van der Waals surface area contributed by atoms with Gasteiger partial charge in [0.1, 0.15) is 11.5 Å². The predicted molar refractivity (Wildman–Crippen MR) is 128 cm³/mol. The van der Waals surface area contributed by atoms with Crippen LogP contribution in [0.3, 0.4) is 0 Å². The summed E-state index contributed by atoms with van der Waals surface area (Å²) < 4.78 is 5.24. The van der Waals surface area contributed by atoms with Crippen LogP contribution in [0.2, 0.25) is 5.02 Å². The first-order valence-corrected chi connectivity index (χ1v) is 10.8. The van der Waals surface area contributed by atoms with Crippen molar-refractivity contribution in [2.45, 2.75) is 13.0 Å². The molecule has 3 heterocycles. The number of carbonyl (C=O) groups excluding carboxylic acids is 2. The number of amides is 1. The number of H-pyrrole nitrogens is 1. The van der Waals surface area contributed by atoms with E-state index in [0.717, 1.165) is 11.1 Å². The maximum atomic E-state index is 13.3. The van der Waals surface area contributed by atoms with E-state index in [4.69, 9.17) is 16.3 Å². The van der Waals surface area contributed by atoms with Crippen LogP contribution in [0.15, 0.2) is 66.5 Å². The van der Waals surface area contributed by atoms with E-state index in [9.17, 15) is 14.7 Å². The molecule has 1 aliphatic rings. The van der Waals surface area contributed by atoms with Crippen molar-refractivity contribution >= 4 is 46.0 Å². The summed E-state index contributed by atoms with van der Waals surface area (Å²) >= 11 is 6.34. The average Bonchev–Trinajstić information content (AvgIpc) is 3.37. The van der Waals surface area contributed by atoms with Gasteiger partial charge in [-0.05, 0) is 60.5 Å². The topological polar surface area (TPSA) is 108 Å². The van der Waals surface area contributed by atoms with Gasteiger partial charge in [-0.15, -0.1) is 0 Å². The Morgan fingerprint density at radius 2 is 1.88 bits per heavy atom. The normalized spacial score (nSPS) is 17.5. The summed E-state index contributed by atoms with van der Waals surface area (Å²) in [6.07, 6.45) is 3.10. The number of ketones is 1. The molecule has 1 saturated heterocycles. The van der Waals surface area contributed by atoms with Crippen molar-refractivity contribution in [3.63, 3.8) is 0 Å². The number of fused-ring (bicyclic) bond motifs is 1. The lowest BCUT2D eigenvalue weighted by molar-refractivity contribution is -0.132. The molecule has 1 aliphatic heterocycles. The number of ether oxygens (including phenoxy) is 1. The number of imidazole rings is 1. The van der Waals surface area contributed by atoms with E-state index in [0.29, 0.717) is 16.8 Å². The van der Waals surface area contributed by atoms with Gasteiger partial charge in [-0.2, -0.15) is 0 Å². The quantitative estimate of drug-likeness (QED) is 0.255. The highest BCUT2D eigenvalue weighted by molar-refractivity contribution is 6.51. The van der Waals surface area contributed by atoms with E-state index in [1.807, 2.05) is 25.1 Å². The van der Waals surface area contributed by atoms with Gasteiger partial charge in [-0.25, -0.2) is 4.98 Å². The first kappa shape index (κ1) is 21.7. The van der Waals surface area contributed by atoms with Crippen molar-refractivity contribution in [1.29, 1.82) is 0 Å². The van der Waals surface area contributed by atoms with Crippen LogP contribution in [0.25, 0.3) is 16.8 Å². The Labute approximate surface area is 199 Å². The van der Waals surface area contributed by atoms with Crippen LogP contribution >= 0.6 is 11.6 Å². The molecule has 5 rings (SSSR count). The second-order valence-corrected chi connectivity index (χ2v) is 8.28. The molecule has 1 unspecified atom stereocenters. The fraction of sp³-hybridized carbons (Fsp3) is 0.120. The van der Waals surface area contributed by atoms with E-state index in [-0.39, 0.29) is 22.1 Å². The maximum Gasteiger partial charge on any atom is 0.302 e. The number of benzene rings is 2. The molecule has 1 amide bonds. The zero-order chi connectivity index (χ0) is 24.0. The summed E-state index contributed by atoms with van der Waals surface area (Å²) in [4.78, 5) is 39.5. The third-order valence-electron chi connectivity index (χ3n) is 5.75. The van der Waals surface area contributed by atoms with Crippen LogP contribution < -0.4 is 9.64 Å². The van der Waals surface area contributed by atoms with E-state index < -0.39 is 23.5 Å². The number of aromatic nitrogens is 3. The highest BCUT2D eigenvalue weighted by atomic mass is 35.5. The number of nitrogens with zero attached hydrogens (tertiary/aromatic N) is 3. The second kappa shape index (κ2) is 8.31. The molecule has 0 saturated carbocycles. The third-order valence-corrected chi connectivity index (χ3v) is 6.08. The third kappa shape index (κ3) is 3.48. The number of anilines is 1. The van der Waals surface area contributed by atoms with Crippen molar-refractivity contribution in [2.75, 3.05) is 12.0 Å². The molecule has 0 aliphatic carbocycles. The minimum absolute atomic E-state index is 0.108. The second-order valence-electron chi connectivity index (χ2n) is 7.88. The number of aliphatic hydroxyl groups is 1. The molecule has 2 aromatic carbocycles. The van der Waals surface area contributed by atoms with Gasteiger partial charge in [-0.1, -0.05) is 17.7 Å². The number of hydrogen-bond acceptors (Lipinski definition) is 6. The molecular formula is C25H19ClN4O4. The molecule has 170 valence electrons. The van der Waals surface area contributed by atoms with E-state index in [1.54, 1.807) is 36.7 Å². The molecule has 34 heavy (non-hydrogen) atoms. The lowest BCUT2D eigenvalue weighted by Gasteiger charge is -2.23. The van der Waals surface area contributed by atoms with Crippen LogP contribution in [0.4, 0.5) is 5.95 Å². The number of Topliss-reactive ketones (excluding diaryl/α,β-unsaturated/α-hetero) is 1. The van der Waals surface area contributed by atoms with Gasteiger partial charge in [0.15, 0.2) is 0 Å². The van der Waals surface area contributed by atoms with Crippen LogP contribution in [0.5, 0.6) is 5.75 Å². The Morgan fingerprint density at radius 1 is 1.12 bits per heavy atom. The largest absolute Gasteiger partial charge is 0.507 e. The first-order chi connectivity index (χ1) is 16.4. The minimum Gasteiger partial charge on any atom is -0.507 e. The molecule has 0 radical (unpaired) electrons. The average molecular weight is 475 g/mol. The molecule has 0 bridgehead atoms. The van der Waals surface area contributed by atoms with Crippen LogP contribution in [-0.4, -0.2) is 38.9 Å². The number of halogens is 1. The zero-order valence-electron chi connectivity index (χ0n) is 18.2. The van der Waals surface area contributed by atoms with Gasteiger partial charge in [0.25, 0.3) is 5.78 Å². The van der Waals surface area contributed by atoms with Gasteiger partial charge in [0, 0.05) is 18.0 Å². The first-order valence-electron chi connectivity index (χ1n) is 10.4. The van der Waals surface area contributed by atoms with Crippen LogP contribution in [-0.2, 0) is 9.59 Å². The molecule has 0 spiro atoms. The van der Waals surface area contributed by atoms with Gasteiger partial charge >= 0.3 is 5.91 Å². The molecule has 8 nitrogen and oxygen atoms in total. The number of pyridine rings is 1. The molecule has 9 heteroatoms. The standard InChI is InChI=1S/C25H19ClN4O4/c1-13-3-6-18-19(11-13)29-25(28-18)30-21(14-7-9-27-10-8-14)20(23(32)24(30)33)22(31)16-12-15(34-2)4-5-17(16)26/h3-12,21,31H,1-2H3,(H,28,29)/b22-20+. The predicted octanol–water partition coefficient (Wildman–Crippen LogP) is 4.55. The summed E-state index contributed by atoms with van der Waals surface area (Å²) in [5, 5.41) is 11.5. The summed E-state index contributed by atoms with van der Waals surface area (Å²) in [6, 6.07) is 12.7. The van der Waals surface area contributed by atoms with E-state index >= 15 is 0 Å². The van der Waals surface area contributed by atoms with Gasteiger partial charge in [0.2, 0.25) is 5.95 Å². The monoisotopic (exact) mass is 474 g/mol. The number of nitrogens with one attached hydrogen (secondary N) is 1. The smallest absolute Gasteiger partial charge is 0.302 e. The highest BCUT2D eigenvalue weighted by Gasteiger charge is 2.48. The number of aliphatic hydroxyl groups excluding tert-OH is 1. The Hall–Kier alpha value is -4.17. The summed E-state index contributed by atoms with van der Waals surface area (Å²) in [5.74, 6) is -1.44. The van der Waals surface area contributed by atoms with Crippen molar-refractivity contribution < 1.29 is 19.4 Å². The van der Waals surface area contributed by atoms with E-state index in [1.165, 1.54) is 18.1 Å². The summed E-state index contributed by atoms with van der Waals surface area (Å²) in [5.41, 5.74) is 3.03. The molecular weight excluding hydrogens is 456 g/mol. The number of carbonyl (C=O) groups is 2. The molecule has 4 aromatic rings. The lowest BCUT2D eigenvalue weighted by Crippen LogP contribution is -2.30. The number of hydrogen-bond donors (Lipinski definition) is 2. The van der Waals surface area contributed by atoms with Crippen molar-refractivity contribution in [3.05, 3.63) is 88.2 Å². The van der Waals surface area contributed by atoms with Gasteiger partial charge < -0.3 is 14.8 Å². The minimum atomic E-state index is -0.952. The Balaban J connectivity index is 1.74. The van der Waals surface area contributed by atoms with Crippen LogP contribution in [0, 0.1) is 6.92 Å². The Kier molecular flexibility index (Phi) is 5.30. The fourth-order valence-corrected chi connectivity index (χ4v) is 4.30. The van der Waals surface area contributed by atoms with E-state index in [2.05, 4.69) is 15.0 Å². The van der Waals surface area contributed by atoms with Crippen molar-refractivity contribution in [2.24, 2.45) is 0 Å². The van der Waals surface area contributed by atoms with Gasteiger partial charge in [-0.3, -0.25) is 19.5 Å². The number of rotatable bonds is 4. The molecule has 2 aromatic heterocycles.